The molecular formula is C21H30N2O4. The molecule has 0 spiro atoms. The monoisotopic (exact) mass is 374 g/mol. The Bertz CT molecular complexity index is 616. The molecule has 2 aliphatic rings. The van der Waals surface area contributed by atoms with Crippen molar-refractivity contribution in [1.82, 2.24) is 10.2 Å². The van der Waals surface area contributed by atoms with E-state index in [0.29, 0.717) is 25.7 Å². The minimum absolute atomic E-state index is 0.0731. The molecule has 0 aromatic heterocycles. The molecule has 6 nitrogen and oxygen atoms in total. The van der Waals surface area contributed by atoms with Gasteiger partial charge in [-0.25, -0.2) is 0 Å². The lowest BCUT2D eigenvalue weighted by Crippen LogP contribution is -2.52. The van der Waals surface area contributed by atoms with Crippen LogP contribution in [0, 0.1) is 0 Å². The van der Waals surface area contributed by atoms with Crippen LogP contribution in [-0.2, 0) is 20.7 Å². The van der Waals surface area contributed by atoms with Crippen LogP contribution in [-0.4, -0.2) is 59.8 Å². The van der Waals surface area contributed by atoms with Gasteiger partial charge in [0, 0.05) is 13.1 Å². The maximum Gasteiger partial charge on any atom is 0.225 e. The Morgan fingerprint density at radius 3 is 2.56 bits per heavy atom. The molecule has 3 rings (SSSR count). The predicted octanol–water partition coefficient (Wildman–Crippen LogP) is 1.66. The summed E-state index contributed by atoms with van der Waals surface area (Å²) in [6, 6.07) is 9.36. The molecule has 2 amide bonds. The summed E-state index contributed by atoms with van der Waals surface area (Å²) in [5, 5.41) is 12.7. The molecule has 3 atom stereocenters. The summed E-state index contributed by atoms with van der Waals surface area (Å²) in [6.45, 7) is 1.52. The lowest BCUT2D eigenvalue weighted by atomic mass is 9.96. The Morgan fingerprint density at radius 2 is 1.85 bits per heavy atom. The van der Waals surface area contributed by atoms with Crippen LogP contribution < -0.4 is 5.32 Å². The summed E-state index contributed by atoms with van der Waals surface area (Å²) in [6.07, 6.45) is 4.80. The van der Waals surface area contributed by atoms with E-state index in [0.717, 1.165) is 31.5 Å². The number of likely N-dealkylation sites (tertiary alicyclic amines) is 1. The second kappa shape index (κ2) is 9.85. The third kappa shape index (κ3) is 5.78. The number of carbonyl (C=O) groups is 2. The third-order valence-corrected chi connectivity index (χ3v) is 5.46. The largest absolute Gasteiger partial charge is 0.394 e. The van der Waals surface area contributed by atoms with Crippen LogP contribution >= 0.6 is 0 Å². The fraction of sp³-hybridized carbons (Fsp3) is 0.619. The van der Waals surface area contributed by atoms with Crippen molar-refractivity contribution < 1.29 is 19.4 Å². The average molecular weight is 374 g/mol. The van der Waals surface area contributed by atoms with Gasteiger partial charge in [0.15, 0.2) is 0 Å². The first-order valence-corrected chi connectivity index (χ1v) is 10.0. The van der Waals surface area contributed by atoms with E-state index in [1.807, 2.05) is 35.2 Å². The lowest BCUT2D eigenvalue weighted by Gasteiger charge is -2.37. The van der Waals surface area contributed by atoms with Gasteiger partial charge in [0.1, 0.15) is 6.10 Å². The summed E-state index contributed by atoms with van der Waals surface area (Å²) >= 11 is 0. The molecule has 0 radical (unpaired) electrons. The smallest absolute Gasteiger partial charge is 0.225 e. The predicted molar refractivity (Wildman–Crippen MR) is 102 cm³/mol. The highest BCUT2D eigenvalue weighted by molar-refractivity contribution is 5.79. The van der Waals surface area contributed by atoms with Gasteiger partial charge in [-0.05, 0) is 37.7 Å². The van der Waals surface area contributed by atoms with Crippen LogP contribution in [0.3, 0.4) is 0 Å². The van der Waals surface area contributed by atoms with Crippen molar-refractivity contribution in [2.24, 2.45) is 0 Å². The van der Waals surface area contributed by atoms with Crippen molar-refractivity contribution in [2.75, 3.05) is 19.7 Å². The number of aliphatic hydroxyl groups excluding tert-OH is 1. The first kappa shape index (κ1) is 19.8. The van der Waals surface area contributed by atoms with Gasteiger partial charge in [0.25, 0.3) is 0 Å². The van der Waals surface area contributed by atoms with Crippen LogP contribution in [0.25, 0.3) is 0 Å². The molecule has 6 heteroatoms. The summed E-state index contributed by atoms with van der Waals surface area (Å²) in [7, 11) is 0. The highest BCUT2D eigenvalue weighted by Gasteiger charge is 2.33. The van der Waals surface area contributed by atoms with Gasteiger partial charge in [0.05, 0.1) is 31.6 Å². The van der Waals surface area contributed by atoms with E-state index in [4.69, 9.17) is 4.74 Å². The van der Waals surface area contributed by atoms with Gasteiger partial charge in [-0.2, -0.15) is 0 Å². The SMILES string of the molecule is O=C(Cc1ccccc1)N[C@H]1CC[C@H](CC(=O)N2CCCCC2)O[C@@H]1CO. The second-order valence-corrected chi connectivity index (χ2v) is 7.54. The number of ether oxygens (including phenoxy) is 1. The van der Waals surface area contributed by atoms with E-state index >= 15 is 0 Å². The van der Waals surface area contributed by atoms with Crippen LogP contribution in [0.15, 0.2) is 30.3 Å². The standard InChI is InChI=1S/C21H30N2O4/c24-15-19-18(22-20(25)13-16-7-3-1-4-8-16)10-9-17(27-19)14-21(26)23-11-5-2-6-12-23/h1,3-4,7-8,17-19,24H,2,5-6,9-15H2,(H,22,25)/t17-,18+,19-/m1/s1. The highest BCUT2D eigenvalue weighted by Crippen LogP contribution is 2.23. The number of amides is 2. The average Bonchev–Trinajstić information content (AvgIpc) is 2.70. The van der Waals surface area contributed by atoms with Crippen LogP contribution in [0.5, 0.6) is 0 Å². The van der Waals surface area contributed by atoms with Gasteiger partial charge >= 0.3 is 0 Å². The number of hydrogen-bond donors (Lipinski definition) is 2. The zero-order chi connectivity index (χ0) is 19.1. The molecule has 2 aliphatic heterocycles. The maximum atomic E-state index is 12.4. The highest BCUT2D eigenvalue weighted by atomic mass is 16.5. The van der Waals surface area contributed by atoms with Crippen molar-refractivity contribution in [1.29, 1.82) is 0 Å². The summed E-state index contributed by atoms with van der Waals surface area (Å²) in [5.74, 6) is 0.0686. The molecule has 2 fully saturated rings. The fourth-order valence-electron chi connectivity index (χ4n) is 3.95. The van der Waals surface area contributed by atoms with Crippen molar-refractivity contribution >= 4 is 11.8 Å². The number of piperidine rings is 1. The Balaban J connectivity index is 1.47. The van der Waals surface area contributed by atoms with Crippen LogP contribution in [0.2, 0.25) is 0 Å². The molecule has 1 aromatic rings. The molecule has 2 saturated heterocycles. The number of nitrogens with one attached hydrogen (secondary N) is 1. The number of benzene rings is 1. The van der Waals surface area contributed by atoms with Gasteiger partial charge in [-0.3, -0.25) is 9.59 Å². The molecule has 0 aliphatic carbocycles. The van der Waals surface area contributed by atoms with E-state index in [1.165, 1.54) is 6.42 Å². The number of nitrogens with zero attached hydrogens (tertiary/aromatic N) is 1. The topological polar surface area (TPSA) is 78.9 Å². The molecule has 1 aromatic carbocycles. The zero-order valence-electron chi connectivity index (χ0n) is 15.8. The number of hydrogen-bond acceptors (Lipinski definition) is 4. The molecule has 0 unspecified atom stereocenters. The maximum absolute atomic E-state index is 12.4. The molecule has 27 heavy (non-hydrogen) atoms. The molecule has 2 heterocycles. The number of carbonyl (C=O) groups excluding carboxylic acids is 2. The van der Waals surface area contributed by atoms with Crippen LogP contribution in [0.1, 0.15) is 44.1 Å². The number of aliphatic hydroxyl groups is 1. The Hall–Kier alpha value is -1.92. The van der Waals surface area contributed by atoms with Crippen molar-refractivity contribution in [3.8, 4) is 0 Å². The normalized spacial score (nSPS) is 25.8. The Labute approximate surface area is 160 Å². The minimum Gasteiger partial charge on any atom is -0.394 e. The quantitative estimate of drug-likeness (QED) is 0.794. The minimum atomic E-state index is -0.461. The van der Waals surface area contributed by atoms with E-state index < -0.39 is 6.10 Å². The lowest BCUT2D eigenvalue weighted by molar-refractivity contribution is -0.143. The summed E-state index contributed by atoms with van der Waals surface area (Å²) in [5.41, 5.74) is 0.956. The van der Waals surface area contributed by atoms with E-state index in [9.17, 15) is 14.7 Å². The van der Waals surface area contributed by atoms with E-state index in [1.54, 1.807) is 0 Å². The molecule has 0 saturated carbocycles. The van der Waals surface area contributed by atoms with Gasteiger partial charge in [-0.1, -0.05) is 30.3 Å². The first-order valence-electron chi connectivity index (χ1n) is 10.0. The molecular weight excluding hydrogens is 344 g/mol. The summed E-state index contributed by atoms with van der Waals surface area (Å²) < 4.78 is 5.95. The zero-order valence-corrected chi connectivity index (χ0v) is 15.8. The number of rotatable bonds is 6. The van der Waals surface area contributed by atoms with Crippen LogP contribution in [0.4, 0.5) is 0 Å². The van der Waals surface area contributed by atoms with Gasteiger partial charge in [-0.15, -0.1) is 0 Å². The Kier molecular flexibility index (Phi) is 7.24. The van der Waals surface area contributed by atoms with Gasteiger partial charge in [0.2, 0.25) is 11.8 Å². The van der Waals surface area contributed by atoms with Gasteiger partial charge < -0.3 is 20.1 Å². The van der Waals surface area contributed by atoms with Crippen molar-refractivity contribution in [3.63, 3.8) is 0 Å². The van der Waals surface area contributed by atoms with Crippen molar-refractivity contribution in [3.05, 3.63) is 35.9 Å². The second-order valence-electron chi connectivity index (χ2n) is 7.54. The first-order chi connectivity index (χ1) is 13.2. The van der Waals surface area contributed by atoms with Crippen molar-refractivity contribution in [2.45, 2.75) is 63.2 Å². The molecule has 148 valence electrons. The third-order valence-electron chi connectivity index (χ3n) is 5.46. The fourth-order valence-corrected chi connectivity index (χ4v) is 3.95. The molecule has 2 N–H and O–H groups in total. The summed E-state index contributed by atoms with van der Waals surface area (Å²) in [4.78, 5) is 26.7. The molecule has 0 bridgehead atoms. The Morgan fingerprint density at radius 1 is 1.11 bits per heavy atom. The van der Waals surface area contributed by atoms with E-state index in [-0.39, 0.29) is 30.6 Å². The van der Waals surface area contributed by atoms with E-state index in [2.05, 4.69) is 5.32 Å².